The predicted molar refractivity (Wildman–Crippen MR) is 96.1 cm³/mol. The Morgan fingerprint density at radius 3 is 2.50 bits per heavy atom. The molecular formula is C20H26N2O2. The van der Waals surface area contributed by atoms with Gasteiger partial charge in [0.05, 0.1) is 20.3 Å². The Labute approximate surface area is 144 Å². The first-order valence-corrected chi connectivity index (χ1v) is 8.55. The minimum Gasteiger partial charge on any atom is -0.496 e. The second-order valence-corrected chi connectivity index (χ2v) is 6.12. The molecule has 0 spiro atoms. The molecule has 3 rings (SSSR count). The van der Waals surface area contributed by atoms with Gasteiger partial charge in [-0.05, 0) is 23.3 Å². The predicted octanol–water partition coefficient (Wildman–Crippen LogP) is 2.82. The van der Waals surface area contributed by atoms with Crippen LogP contribution in [0.4, 0.5) is 0 Å². The second-order valence-electron chi connectivity index (χ2n) is 6.12. The summed E-state index contributed by atoms with van der Waals surface area (Å²) in [5.74, 6) is 0.966. The van der Waals surface area contributed by atoms with Crippen LogP contribution in [0.25, 0.3) is 0 Å². The van der Waals surface area contributed by atoms with E-state index in [9.17, 15) is 0 Å². The van der Waals surface area contributed by atoms with E-state index in [2.05, 4.69) is 52.7 Å². The highest BCUT2D eigenvalue weighted by Crippen LogP contribution is 2.22. The summed E-state index contributed by atoms with van der Waals surface area (Å²) < 4.78 is 11.0. The van der Waals surface area contributed by atoms with Crippen molar-refractivity contribution in [3.8, 4) is 5.75 Å². The minimum atomic E-state index is 0.820. The number of hydrogen-bond acceptors (Lipinski definition) is 4. The van der Waals surface area contributed by atoms with Gasteiger partial charge >= 0.3 is 0 Å². The van der Waals surface area contributed by atoms with Crippen LogP contribution in [-0.4, -0.2) is 38.3 Å². The van der Waals surface area contributed by atoms with Crippen molar-refractivity contribution >= 4 is 0 Å². The molecule has 128 valence electrons. The average molecular weight is 326 g/mol. The number of morpholine rings is 1. The highest BCUT2D eigenvalue weighted by Gasteiger charge is 2.13. The third-order valence-electron chi connectivity index (χ3n) is 4.34. The van der Waals surface area contributed by atoms with Crippen LogP contribution in [-0.2, 0) is 24.4 Å². The van der Waals surface area contributed by atoms with E-state index in [0.29, 0.717) is 0 Å². The zero-order valence-electron chi connectivity index (χ0n) is 14.3. The maximum Gasteiger partial charge on any atom is 0.123 e. The fourth-order valence-electron chi connectivity index (χ4n) is 3.01. The maximum absolute atomic E-state index is 5.54. The van der Waals surface area contributed by atoms with Gasteiger partial charge in [0.15, 0.2) is 0 Å². The molecule has 1 N–H and O–H groups in total. The van der Waals surface area contributed by atoms with E-state index >= 15 is 0 Å². The van der Waals surface area contributed by atoms with Gasteiger partial charge in [0.2, 0.25) is 0 Å². The first-order valence-electron chi connectivity index (χ1n) is 8.55. The Morgan fingerprint density at radius 2 is 1.75 bits per heavy atom. The quantitative estimate of drug-likeness (QED) is 0.848. The van der Waals surface area contributed by atoms with E-state index in [0.717, 1.165) is 51.7 Å². The molecule has 0 radical (unpaired) electrons. The molecule has 1 heterocycles. The fourth-order valence-corrected chi connectivity index (χ4v) is 3.01. The van der Waals surface area contributed by atoms with Gasteiger partial charge < -0.3 is 14.8 Å². The maximum atomic E-state index is 5.54. The van der Waals surface area contributed by atoms with E-state index in [1.165, 1.54) is 16.7 Å². The molecule has 1 aliphatic heterocycles. The lowest BCUT2D eigenvalue weighted by Gasteiger charge is -2.27. The summed E-state index contributed by atoms with van der Waals surface area (Å²) in [4.78, 5) is 2.42. The van der Waals surface area contributed by atoms with Crippen LogP contribution in [0.5, 0.6) is 5.75 Å². The zero-order chi connectivity index (χ0) is 16.6. The number of hydrogen-bond donors (Lipinski definition) is 1. The first-order chi connectivity index (χ1) is 11.8. The molecule has 1 saturated heterocycles. The van der Waals surface area contributed by atoms with Crippen LogP contribution < -0.4 is 10.1 Å². The Kier molecular flexibility index (Phi) is 6.24. The SMILES string of the molecule is COc1ccc(CNCc2ccccc2)cc1CN1CCOCC1. The normalized spacial score (nSPS) is 15.4. The van der Waals surface area contributed by atoms with Gasteiger partial charge in [-0.2, -0.15) is 0 Å². The molecule has 0 aliphatic carbocycles. The van der Waals surface area contributed by atoms with Gasteiger partial charge in [-0.1, -0.05) is 36.4 Å². The van der Waals surface area contributed by atoms with Gasteiger partial charge in [-0.3, -0.25) is 4.90 Å². The van der Waals surface area contributed by atoms with Crippen molar-refractivity contribution in [3.05, 3.63) is 65.2 Å². The number of rotatable bonds is 7. The topological polar surface area (TPSA) is 33.7 Å². The molecule has 1 aliphatic rings. The summed E-state index contributed by atoms with van der Waals surface area (Å²) in [6, 6.07) is 17.0. The van der Waals surface area contributed by atoms with Crippen molar-refractivity contribution in [1.82, 2.24) is 10.2 Å². The van der Waals surface area contributed by atoms with E-state index in [1.54, 1.807) is 7.11 Å². The molecule has 4 nitrogen and oxygen atoms in total. The monoisotopic (exact) mass is 326 g/mol. The third kappa shape index (κ3) is 4.81. The fraction of sp³-hybridized carbons (Fsp3) is 0.400. The van der Waals surface area contributed by atoms with Crippen molar-refractivity contribution in [2.75, 3.05) is 33.4 Å². The zero-order valence-corrected chi connectivity index (χ0v) is 14.3. The molecule has 0 bridgehead atoms. The van der Waals surface area contributed by atoms with Crippen LogP contribution in [0.2, 0.25) is 0 Å². The molecule has 0 amide bonds. The number of nitrogens with one attached hydrogen (secondary N) is 1. The highest BCUT2D eigenvalue weighted by atomic mass is 16.5. The van der Waals surface area contributed by atoms with Gasteiger partial charge in [0.1, 0.15) is 5.75 Å². The van der Waals surface area contributed by atoms with Crippen molar-refractivity contribution in [1.29, 1.82) is 0 Å². The van der Waals surface area contributed by atoms with Crippen LogP contribution in [0.1, 0.15) is 16.7 Å². The summed E-state index contributed by atoms with van der Waals surface area (Å²) in [7, 11) is 1.74. The highest BCUT2D eigenvalue weighted by molar-refractivity contribution is 5.37. The molecule has 0 aromatic heterocycles. The van der Waals surface area contributed by atoms with Gasteiger partial charge in [0, 0.05) is 38.3 Å². The largest absolute Gasteiger partial charge is 0.496 e. The average Bonchev–Trinajstić information content (AvgIpc) is 2.64. The molecular weight excluding hydrogens is 300 g/mol. The first kappa shape index (κ1) is 17.0. The number of ether oxygens (including phenoxy) is 2. The molecule has 24 heavy (non-hydrogen) atoms. The summed E-state index contributed by atoms with van der Waals surface area (Å²) in [5, 5.41) is 3.51. The lowest BCUT2D eigenvalue weighted by Crippen LogP contribution is -2.35. The number of nitrogens with zero attached hydrogens (tertiary/aromatic N) is 1. The van der Waals surface area contributed by atoms with Crippen molar-refractivity contribution < 1.29 is 9.47 Å². The lowest BCUT2D eigenvalue weighted by molar-refractivity contribution is 0.0339. The Hall–Kier alpha value is -1.88. The number of methoxy groups -OCH3 is 1. The van der Waals surface area contributed by atoms with Gasteiger partial charge in [-0.15, -0.1) is 0 Å². The van der Waals surface area contributed by atoms with Crippen LogP contribution >= 0.6 is 0 Å². The molecule has 2 aromatic carbocycles. The number of benzene rings is 2. The molecule has 0 atom stereocenters. The molecule has 4 heteroatoms. The smallest absolute Gasteiger partial charge is 0.123 e. The molecule has 0 unspecified atom stereocenters. The second kappa shape index (κ2) is 8.83. The Morgan fingerprint density at radius 1 is 1.00 bits per heavy atom. The van der Waals surface area contributed by atoms with E-state index in [-0.39, 0.29) is 0 Å². The van der Waals surface area contributed by atoms with Gasteiger partial charge in [-0.25, -0.2) is 0 Å². The summed E-state index contributed by atoms with van der Waals surface area (Å²) >= 11 is 0. The summed E-state index contributed by atoms with van der Waals surface area (Å²) in [6.07, 6.45) is 0. The molecule has 0 saturated carbocycles. The lowest BCUT2D eigenvalue weighted by atomic mass is 10.1. The van der Waals surface area contributed by atoms with Crippen LogP contribution in [0.3, 0.4) is 0 Å². The van der Waals surface area contributed by atoms with Gasteiger partial charge in [0.25, 0.3) is 0 Å². The van der Waals surface area contributed by atoms with E-state index in [1.807, 2.05) is 6.07 Å². The summed E-state index contributed by atoms with van der Waals surface area (Å²) in [6.45, 7) is 6.26. The Bertz CT molecular complexity index is 625. The third-order valence-corrected chi connectivity index (χ3v) is 4.34. The molecule has 2 aromatic rings. The molecule has 1 fully saturated rings. The van der Waals surface area contributed by atoms with E-state index in [4.69, 9.17) is 9.47 Å². The van der Waals surface area contributed by atoms with Crippen LogP contribution in [0, 0.1) is 0 Å². The Balaban J connectivity index is 1.60. The standard InChI is InChI=1S/C20H26N2O2/c1-23-20-8-7-18(15-21-14-17-5-3-2-4-6-17)13-19(20)16-22-9-11-24-12-10-22/h2-8,13,21H,9-12,14-16H2,1H3. The van der Waals surface area contributed by atoms with Crippen molar-refractivity contribution in [2.24, 2.45) is 0 Å². The van der Waals surface area contributed by atoms with Crippen molar-refractivity contribution in [3.63, 3.8) is 0 Å². The summed E-state index contributed by atoms with van der Waals surface area (Å²) in [5.41, 5.74) is 3.84. The van der Waals surface area contributed by atoms with E-state index < -0.39 is 0 Å². The van der Waals surface area contributed by atoms with Crippen LogP contribution in [0.15, 0.2) is 48.5 Å². The minimum absolute atomic E-state index is 0.820. The van der Waals surface area contributed by atoms with Crippen molar-refractivity contribution in [2.45, 2.75) is 19.6 Å².